The van der Waals surface area contributed by atoms with Crippen LogP contribution < -0.4 is 10.1 Å². The summed E-state index contributed by atoms with van der Waals surface area (Å²) in [7, 11) is 0. The van der Waals surface area contributed by atoms with Crippen molar-refractivity contribution in [3.05, 3.63) is 29.8 Å². The van der Waals surface area contributed by atoms with Crippen LogP contribution in [0.15, 0.2) is 24.3 Å². The van der Waals surface area contributed by atoms with E-state index in [0.717, 1.165) is 37.2 Å². The van der Waals surface area contributed by atoms with E-state index in [-0.39, 0.29) is 12.5 Å². The Morgan fingerprint density at radius 2 is 2.36 bits per heavy atom. The summed E-state index contributed by atoms with van der Waals surface area (Å²) < 4.78 is 5.59. The molecule has 1 aliphatic rings. The first-order chi connectivity index (χ1) is 10.7. The number of aliphatic hydroxyl groups is 1. The lowest BCUT2D eigenvalue weighted by molar-refractivity contribution is -0.122. The molecule has 1 aliphatic heterocycles. The van der Waals surface area contributed by atoms with Crippen molar-refractivity contribution in [1.29, 1.82) is 0 Å². The molecule has 1 unspecified atom stereocenters. The number of hydrogen-bond acceptors (Lipinski definition) is 4. The van der Waals surface area contributed by atoms with Gasteiger partial charge in [0.1, 0.15) is 5.75 Å². The van der Waals surface area contributed by atoms with Crippen LogP contribution in [0.2, 0.25) is 0 Å². The molecular weight excluding hydrogens is 280 g/mol. The molecule has 1 atom stereocenters. The minimum absolute atomic E-state index is 0.0264. The van der Waals surface area contributed by atoms with E-state index in [1.807, 2.05) is 24.3 Å². The minimum atomic E-state index is 0.0264. The van der Waals surface area contributed by atoms with Crippen molar-refractivity contribution >= 4 is 5.91 Å². The number of amides is 1. The van der Waals surface area contributed by atoms with Gasteiger partial charge in [-0.2, -0.15) is 0 Å². The molecule has 1 aromatic carbocycles. The predicted molar refractivity (Wildman–Crippen MR) is 85.7 cm³/mol. The summed E-state index contributed by atoms with van der Waals surface area (Å²) in [6, 6.07) is 7.82. The monoisotopic (exact) mass is 306 g/mol. The summed E-state index contributed by atoms with van der Waals surface area (Å²) in [5.74, 6) is 1.19. The molecule has 5 heteroatoms. The number of aliphatic hydroxyl groups excluding tert-OH is 1. The van der Waals surface area contributed by atoms with E-state index in [1.165, 1.54) is 0 Å². The number of carbonyl (C=O) groups is 1. The Hall–Kier alpha value is -1.59. The first-order valence-corrected chi connectivity index (χ1v) is 8.03. The zero-order valence-corrected chi connectivity index (χ0v) is 13.3. The average molecular weight is 306 g/mol. The number of carbonyl (C=O) groups excluding carboxylic acids is 1. The lowest BCUT2D eigenvalue weighted by atomic mass is 10.1. The first kappa shape index (κ1) is 16.8. The lowest BCUT2D eigenvalue weighted by Crippen LogP contribution is -2.35. The second kappa shape index (κ2) is 8.76. The van der Waals surface area contributed by atoms with E-state index in [1.54, 1.807) is 0 Å². The van der Waals surface area contributed by atoms with Crippen LogP contribution in [0, 0.1) is 5.92 Å². The second-order valence-electron chi connectivity index (χ2n) is 5.84. The highest BCUT2D eigenvalue weighted by Gasteiger charge is 2.23. The van der Waals surface area contributed by atoms with Crippen molar-refractivity contribution in [2.75, 3.05) is 32.8 Å². The maximum Gasteiger partial charge on any atom is 0.234 e. The third-order valence-corrected chi connectivity index (χ3v) is 3.86. The maximum absolute atomic E-state index is 12.0. The van der Waals surface area contributed by atoms with Gasteiger partial charge in [-0.15, -0.1) is 0 Å². The molecule has 0 saturated carbocycles. The van der Waals surface area contributed by atoms with Crippen LogP contribution in [0.1, 0.15) is 25.3 Å². The van der Waals surface area contributed by atoms with Crippen molar-refractivity contribution in [1.82, 2.24) is 10.2 Å². The van der Waals surface area contributed by atoms with E-state index in [0.29, 0.717) is 25.6 Å². The number of nitrogens with zero attached hydrogens (tertiary/aromatic N) is 1. The number of likely N-dealkylation sites (tertiary alicyclic amines) is 1. The number of benzene rings is 1. The Labute approximate surface area is 132 Å². The summed E-state index contributed by atoms with van der Waals surface area (Å²) in [6.07, 6.45) is 1.95. The van der Waals surface area contributed by atoms with Gasteiger partial charge < -0.3 is 15.2 Å². The summed E-state index contributed by atoms with van der Waals surface area (Å²) in [4.78, 5) is 14.1. The van der Waals surface area contributed by atoms with Crippen molar-refractivity contribution in [2.45, 2.75) is 26.3 Å². The van der Waals surface area contributed by atoms with Crippen LogP contribution in [0.5, 0.6) is 5.75 Å². The Balaban J connectivity index is 1.74. The minimum Gasteiger partial charge on any atom is -0.494 e. The van der Waals surface area contributed by atoms with Crippen LogP contribution in [0.4, 0.5) is 0 Å². The van der Waals surface area contributed by atoms with Crippen molar-refractivity contribution in [2.24, 2.45) is 5.92 Å². The van der Waals surface area contributed by atoms with Crippen LogP contribution in [0.3, 0.4) is 0 Å². The molecule has 1 fully saturated rings. The molecule has 0 aromatic heterocycles. The van der Waals surface area contributed by atoms with Gasteiger partial charge >= 0.3 is 0 Å². The fourth-order valence-electron chi connectivity index (χ4n) is 2.63. The molecular formula is C17H26N2O3. The third kappa shape index (κ3) is 5.31. The Bertz CT molecular complexity index is 479. The summed E-state index contributed by atoms with van der Waals surface area (Å²) in [5, 5.41) is 12.1. The molecule has 1 aromatic rings. The average Bonchev–Trinajstić information content (AvgIpc) is 2.99. The van der Waals surface area contributed by atoms with Gasteiger partial charge in [-0.05, 0) is 43.0 Å². The number of nitrogens with one attached hydrogen (secondary N) is 1. The van der Waals surface area contributed by atoms with E-state index >= 15 is 0 Å². The fourth-order valence-corrected chi connectivity index (χ4v) is 2.63. The molecule has 0 bridgehead atoms. The molecule has 2 rings (SSSR count). The normalized spacial score (nSPS) is 18.4. The van der Waals surface area contributed by atoms with Gasteiger partial charge in [-0.3, -0.25) is 9.69 Å². The highest BCUT2D eigenvalue weighted by atomic mass is 16.5. The predicted octanol–water partition coefficient (Wildman–Crippen LogP) is 1.41. The van der Waals surface area contributed by atoms with E-state index in [9.17, 15) is 4.79 Å². The lowest BCUT2D eigenvalue weighted by Gasteiger charge is -2.15. The second-order valence-corrected chi connectivity index (χ2v) is 5.84. The van der Waals surface area contributed by atoms with Gasteiger partial charge in [-0.1, -0.05) is 19.1 Å². The molecule has 5 nitrogen and oxygen atoms in total. The van der Waals surface area contributed by atoms with Crippen molar-refractivity contribution in [3.63, 3.8) is 0 Å². The Morgan fingerprint density at radius 3 is 3.09 bits per heavy atom. The molecule has 1 saturated heterocycles. The molecule has 122 valence electrons. The molecule has 1 heterocycles. The molecule has 0 spiro atoms. The smallest absolute Gasteiger partial charge is 0.234 e. The quantitative estimate of drug-likeness (QED) is 0.762. The number of rotatable bonds is 8. The summed E-state index contributed by atoms with van der Waals surface area (Å²) in [6.45, 7) is 5.61. The maximum atomic E-state index is 12.0. The summed E-state index contributed by atoms with van der Waals surface area (Å²) in [5.41, 5.74) is 1.04. The van der Waals surface area contributed by atoms with Gasteiger partial charge in [0.25, 0.3) is 0 Å². The molecule has 1 amide bonds. The third-order valence-electron chi connectivity index (χ3n) is 3.86. The molecule has 0 radical (unpaired) electrons. The van der Waals surface area contributed by atoms with Crippen LogP contribution in [-0.2, 0) is 11.3 Å². The largest absolute Gasteiger partial charge is 0.494 e. The highest BCUT2D eigenvalue weighted by Crippen LogP contribution is 2.15. The van der Waals surface area contributed by atoms with Gasteiger partial charge in [0, 0.05) is 19.7 Å². The number of hydrogen-bond donors (Lipinski definition) is 2. The van der Waals surface area contributed by atoms with Crippen LogP contribution in [-0.4, -0.2) is 48.8 Å². The zero-order chi connectivity index (χ0) is 15.8. The van der Waals surface area contributed by atoms with E-state index in [2.05, 4.69) is 17.1 Å². The van der Waals surface area contributed by atoms with Gasteiger partial charge in [0.05, 0.1) is 13.2 Å². The van der Waals surface area contributed by atoms with Gasteiger partial charge in [-0.25, -0.2) is 0 Å². The van der Waals surface area contributed by atoms with Crippen LogP contribution >= 0.6 is 0 Å². The Morgan fingerprint density at radius 1 is 1.50 bits per heavy atom. The van der Waals surface area contributed by atoms with Crippen LogP contribution in [0.25, 0.3) is 0 Å². The van der Waals surface area contributed by atoms with E-state index in [4.69, 9.17) is 9.84 Å². The molecule has 0 aliphatic carbocycles. The molecule has 2 N–H and O–H groups in total. The zero-order valence-electron chi connectivity index (χ0n) is 13.3. The first-order valence-electron chi connectivity index (χ1n) is 8.03. The van der Waals surface area contributed by atoms with Gasteiger partial charge in [0.2, 0.25) is 5.91 Å². The number of ether oxygens (including phenoxy) is 1. The highest BCUT2D eigenvalue weighted by molar-refractivity contribution is 5.78. The van der Waals surface area contributed by atoms with Gasteiger partial charge in [0.15, 0.2) is 0 Å². The standard InChI is InChI=1S/C17H26N2O3/c1-2-8-22-16-5-3-4-14(9-16)10-18-17(21)12-19-7-6-15(11-19)13-20/h3-5,9,15,20H,2,6-8,10-13H2,1H3,(H,18,21). The molecule has 22 heavy (non-hydrogen) atoms. The fraction of sp³-hybridized carbons (Fsp3) is 0.588. The van der Waals surface area contributed by atoms with E-state index < -0.39 is 0 Å². The Kier molecular flexibility index (Phi) is 6.68. The SMILES string of the molecule is CCCOc1cccc(CNC(=O)CN2CCC(CO)C2)c1. The summed E-state index contributed by atoms with van der Waals surface area (Å²) >= 11 is 0. The van der Waals surface area contributed by atoms with Crippen molar-refractivity contribution < 1.29 is 14.6 Å². The van der Waals surface area contributed by atoms with Crippen molar-refractivity contribution in [3.8, 4) is 5.75 Å². The topological polar surface area (TPSA) is 61.8 Å².